The van der Waals surface area contributed by atoms with Gasteiger partial charge in [0.2, 0.25) is 0 Å². The van der Waals surface area contributed by atoms with Crippen molar-refractivity contribution in [2.24, 2.45) is 7.05 Å². The molecule has 4 aromatic rings. The van der Waals surface area contributed by atoms with Crippen LogP contribution < -0.4 is 15.6 Å². The highest BCUT2D eigenvalue weighted by molar-refractivity contribution is 7.99. The Balaban J connectivity index is 1.65. The second kappa shape index (κ2) is 11.3. The number of aromatic nitrogens is 3. The minimum absolute atomic E-state index is 0.00445. The number of nitrogens with one attached hydrogen (secondary N) is 1. The number of nitrogens with zero attached hydrogens (tertiary/aromatic N) is 3. The molecule has 0 saturated heterocycles. The Kier molecular flexibility index (Phi) is 7.97. The fourth-order valence-corrected chi connectivity index (χ4v) is 6.62. The van der Waals surface area contributed by atoms with Crippen LogP contribution in [0.4, 0.5) is 22.0 Å². The van der Waals surface area contributed by atoms with Gasteiger partial charge in [-0.1, -0.05) is 18.2 Å². The third-order valence-corrected chi connectivity index (χ3v) is 8.48. The number of benzene rings is 2. The van der Waals surface area contributed by atoms with E-state index in [9.17, 15) is 22.4 Å². The van der Waals surface area contributed by atoms with Crippen molar-refractivity contribution in [3.63, 3.8) is 0 Å². The summed E-state index contributed by atoms with van der Waals surface area (Å²) in [5.41, 5.74) is -0.547. The monoisotopic (exact) mass is 590 g/mol. The summed E-state index contributed by atoms with van der Waals surface area (Å²) in [6.07, 6.45) is -1.64. The molecule has 2 aromatic carbocycles. The van der Waals surface area contributed by atoms with Gasteiger partial charge in [-0.3, -0.25) is 14.0 Å². The quantitative estimate of drug-likeness (QED) is 0.260. The highest BCUT2D eigenvalue weighted by Gasteiger charge is 2.36. The van der Waals surface area contributed by atoms with E-state index < -0.39 is 40.9 Å². The van der Waals surface area contributed by atoms with Gasteiger partial charge in [-0.15, -0.1) is 11.8 Å². The Bertz CT molecular complexity index is 1660. The summed E-state index contributed by atoms with van der Waals surface area (Å²) >= 11 is 1.32. The zero-order chi connectivity index (χ0) is 29.5. The standard InChI is InChI=1S/C29H27F5N4O2S/c1-16-20(10-21-22(29(32,33)34)7-5-8-23(21)30)28-38(18(15-41-28)13-35-11-17-12-36-37(2)14-17)27(39)25(16)19-6-4-9-24(40-3)26(19)31/h4-9,12,14,18,35H,10-11,13,15H2,1-3H3. The van der Waals surface area contributed by atoms with Crippen LogP contribution in [-0.2, 0) is 26.2 Å². The lowest BCUT2D eigenvalue weighted by atomic mass is 9.92. The fourth-order valence-electron chi connectivity index (χ4n) is 5.23. The lowest BCUT2D eigenvalue weighted by Gasteiger charge is -2.22. The summed E-state index contributed by atoms with van der Waals surface area (Å²) in [5.74, 6) is -1.39. The predicted molar refractivity (Wildman–Crippen MR) is 146 cm³/mol. The van der Waals surface area contributed by atoms with Crippen molar-refractivity contribution in [3.05, 3.63) is 98.6 Å². The zero-order valence-corrected chi connectivity index (χ0v) is 23.3. The molecule has 5 rings (SSSR count). The van der Waals surface area contributed by atoms with Gasteiger partial charge in [0, 0.05) is 55.2 Å². The molecule has 0 spiro atoms. The number of thioether (sulfide) groups is 1. The largest absolute Gasteiger partial charge is 0.494 e. The first-order chi connectivity index (χ1) is 19.5. The molecule has 0 radical (unpaired) electrons. The van der Waals surface area contributed by atoms with Gasteiger partial charge in [-0.2, -0.15) is 18.3 Å². The molecule has 0 saturated carbocycles. The van der Waals surface area contributed by atoms with Gasteiger partial charge in [-0.25, -0.2) is 8.78 Å². The fraction of sp³-hybridized carbons (Fsp3) is 0.310. The van der Waals surface area contributed by atoms with Crippen LogP contribution in [0.1, 0.15) is 33.9 Å². The number of hydrogen-bond donors (Lipinski definition) is 1. The van der Waals surface area contributed by atoms with Crippen molar-refractivity contribution in [2.75, 3.05) is 19.4 Å². The van der Waals surface area contributed by atoms with Gasteiger partial charge in [0.1, 0.15) is 5.82 Å². The van der Waals surface area contributed by atoms with Crippen LogP contribution in [0.5, 0.6) is 5.75 Å². The highest BCUT2D eigenvalue weighted by atomic mass is 32.2. The Morgan fingerprint density at radius 2 is 1.90 bits per heavy atom. The normalized spacial score (nSPS) is 14.9. The number of pyridine rings is 1. The molecule has 1 aliphatic heterocycles. The Morgan fingerprint density at radius 3 is 2.59 bits per heavy atom. The van der Waals surface area contributed by atoms with Gasteiger partial charge in [0.25, 0.3) is 5.56 Å². The topological polar surface area (TPSA) is 61.1 Å². The van der Waals surface area contributed by atoms with Gasteiger partial charge in [0.05, 0.1) is 35.5 Å². The van der Waals surface area contributed by atoms with Gasteiger partial charge < -0.3 is 10.1 Å². The molecule has 1 unspecified atom stereocenters. The molecule has 6 nitrogen and oxygen atoms in total. The Hall–Kier alpha value is -3.64. The SMILES string of the molecule is COc1cccc(-c2c(C)c(Cc3c(F)cccc3C(F)(F)F)c3n(c2=O)C(CNCc2cnn(C)c2)CS3)c1F. The van der Waals surface area contributed by atoms with E-state index in [0.29, 0.717) is 35.0 Å². The third kappa shape index (κ3) is 5.50. The minimum atomic E-state index is -4.78. The van der Waals surface area contributed by atoms with Crippen molar-refractivity contribution >= 4 is 11.8 Å². The molecule has 1 atom stereocenters. The second-order valence-corrected chi connectivity index (χ2v) is 10.8. The van der Waals surface area contributed by atoms with E-state index in [1.807, 2.05) is 6.20 Å². The molecule has 3 heterocycles. The van der Waals surface area contributed by atoms with E-state index in [0.717, 1.165) is 23.8 Å². The number of halogens is 5. The molecular formula is C29H27F5N4O2S. The summed E-state index contributed by atoms with van der Waals surface area (Å²) in [4.78, 5) is 14.0. The summed E-state index contributed by atoms with van der Waals surface area (Å²) in [7, 11) is 3.10. The van der Waals surface area contributed by atoms with E-state index in [1.54, 1.807) is 24.9 Å². The van der Waals surface area contributed by atoms with Gasteiger partial charge in [0.15, 0.2) is 11.6 Å². The number of aryl methyl sites for hydroxylation is 1. The molecule has 0 amide bonds. The van der Waals surface area contributed by atoms with Crippen molar-refractivity contribution in [1.29, 1.82) is 0 Å². The van der Waals surface area contributed by atoms with E-state index >= 15 is 4.39 Å². The average Bonchev–Trinajstić information content (AvgIpc) is 3.54. The number of rotatable bonds is 8. The number of alkyl halides is 3. The number of hydrogen-bond acceptors (Lipinski definition) is 5. The van der Waals surface area contributed by atoms with Crippen LogP contribution in [0.25, 0.3) is 11.1 Å². The molecule has 0 bridgehead atoms. The van der Waals surface area contributed by atoms with Crippen molar-refractivity contribution in [1.82, 2.24) is 19.7 Å². The predicted octanol–water partition coefficient (Wildman–Crippen LogP) is 5.89. The summed E-state index contributed by atoms with van der Waals surface area (Å²) < 4.78 is 80.4. The van der Waals surface area contributed by atoms with E-state index in [4.69, 9.17) is 4.74 Å². The first-order valence-electron chi connectivity index (χ1n) is 12.8. The Labute approximate surface area is 237 Å². The van der Waals surface area contributed by atoms with Crippen LogP contribution in [-0.4, -0.2) is 33.8 Å². The number of fused-ring (bicyclic) bond motifs is 1. The molecule has 216 valence electrons. The smallest absolute Gasteiger partial charge is 0.416 e. The molecule has 12 heteroatoms. The molecular weight excluding hydrogens is 563 g/mol. The minimum Gasteiger partial charge on any atom is -0.494 e. The zero-order valence-electron chi connectivity index (χ0n) is 22.5. The van der Waals surface area contributed by atoms with Crippen LogP contribution in [0, 0.1) is 18.6 Å². The lowest BCUT2D eigenvalue weighted by molar-refractivity contribution is -0.138. The third-order valence-electron chi connectivity index (χ3n) is 7.21. The average molecular weight is 591 g/mol. The van der Waals surface area contributed by atoms with Crippen molar-refractivity contribution < 1.29 is 26.7 Å². The number of methoxy groups -OCH3 is 1. The van der Waals surface area contributed by atoms with Gasteiger partial charge >= 0.3 is 6.18 Å². The van der Waals surface area contributed by atoms with Crippen molar-refractivity contribution in [2.45, 2.75) is 37.1 Å². The molecule has 2 aromatic heterocycles. The van der Waals surface area contributed by atoms with Crippen LogP contribution in [0.2, 0.25) is 0 Å². The van der Waals surface area contributed by atoms with Crippen LogP contribution in [0.3, 0.4) is 0 Å². The van der Waals surface area contributed by atoms with Gasteiger partial charge in [-0.05, 0) is 36.2 Å². The van der Waals surface area contributed by atoms with E-state index in [-0.39, 0.29) is 22.9 Å². The molecule has 0 fully saturated rings. The lowest BCUT2D eigenvalue weighted by Crippen LogP contribution is -2.33. The first-order valence-corrected chi connectivity index (χ1v) is 13.8. The Morgan fingerprint density at radius 1 is 1.15 bits per heavy atom. The van der Waals surface area contributed by atoms with Crippen molar-refractivity contribution in [3.8, 4) is 16.9 Å². The van der Waals surface area contributed by atoms with E-state index in [1.165, 1.54) is 41.6 Å². The maximum Gasteiger partial charge on any atom is 0.416 e. The molecule has 0 aliphatic carbocycles. The second-order valence-electron chi connectivity index (χ2n) is 9.84. The highest BCUT2D eigenvalue weighted by Crippen LogP contribution is 2.42. The molecule has 1 N–H and O–H groups in total. The maximum absolute atomic E-state index is 15.5. The first kappa shape index (κ1) is 28.9. The summed E-state index contributed by atoms with van der Waals surface area (Å²) in [5, 5.41) is 7.89. The summed E-state index contributed by atoms with van der Waals surface area (Å²) in [6.45, 7) is 2.42. The van der Waals surface area contributed by atoms with Crippen LogP contribution in [0.15, 0.2) is 58.6 Å². The maximum atomic E-state index is 15.5. The number of ether oxygens (including phenoxy) is 1. The van der Waals surface area contributed by atoms with Crippen LogP contribution >= 0.6 is 11.8 Å². The molecule has 41 heavy (non-hydrogen) atoms. The summed E-state index contributed by atoms with van der Waals surface area (Å²) in [6, 6.07) is 6.84. The molecule has 1 aliphatic rings. The van der Waals surface area contributed by atoms with E-state index in [2.05, 4.69) is 10.4 Å².